The molecule has 0 spiro atoms. The third-order valence-corrected chi connectivity index (χ3v) is 8.14. The van der Waals surface area contributed by atoms with Gasteiger partial charge in [-0.1, -0.05) is 68.4 Å². The molecule has 2 aliphatic heterocycles. The van der Waals surface area contributed by atoms with Crippen molar-refractivity contribution in [3.63, 3.8) is 0 Å². The van der Waals surface area contributed by atoms with Crippen molar-refractivity contribution in [3.8, 4) is 0 Å². The van der Waals surface area contributed by atoms with Crippen LogP contribution < -0.4 is 15.5 Å². The average Bonchev–Trinajstić information content (AvgIpc) is 3.08. The summed E-state index contributed by atoms with van der Waals surface area (Å²) in [6.45, 7) is 8.34. The molecule has 0 aromatic heterocycles. The zero-order valence-corrected chi connectivity index (χ0v) is 20.8. The molecule has 3 heteroatoms. The van der Waals surface area contributed by atoms with Crippen LogP contribution in [0.1, 0.15) is 38.3 Å². The molecule has 1 unspecified atom stereocenters. The molecular formula is C27H31NPRu+. The molecule has 2 aliphatic rings. The van der Waals surface area contributed by atoms with Gasteiger partial charge in [-0.05, 0) is 60.6 Å². The van der Waals surface area contributed by atoms with Gasteiger partial charge in [-0.3, -0.25) is 0 Å². The summed E-state index contributed by atoms with van der Waals surface area (Å²) in [5.41, 5.74) is 5.05. The van der Waals surface area contributed by atoms with Gasteiger partial charge in [0.05, 0.1) is 6.30 Å². The van der Waals surface area contributed by atoms with E-state index in [4.69, 9.17) is 0 Å². The Morgan fingerprint density at radius 1 is 0.867 bits per heavy atom. The monoisotopic (exact) mass is 502 g/mol. The smallest absolute Gasteiger partial charge is 0.162 e. The molecule has 1 nitrogen and oxygen atoms in total. The Hall–Kier alpha value is -1.75. The number of rotatable bonds is 2. The van der Waals surface area contributed by atoms with E-state index >= 15 is 0 Å². The molecule has 0 bridgehead atoms. The summed E-state index contributed by atoms with van der Waals surface area (Å²) in [6, 6.07) is 28.5. The van der Waals surface area contributed by atoms with E-state index < -0.39 is 7.55 Å². The van der Waals surface area contributed by atoms with Crippen LogP contribution in [0.5, 0.6) is 0 Å². The Kier molecular flexibility index (Phi) is 7.33. The summed E-state index contributed by atoms with van der Waals surface area (Å²) < 4.78 is 0. The van der Waals surface area contributed by atoms with Crippen molar-refractivity contribution in [1.82, 2.24) is 0 Å². The minimum atomic E-state index is -0.421. The van der Waals surface area contributed by atoms with Crippen LogP contribution in [0.25, 0.3) is 0 Å². The molecule has 2 heterocycles. The molecule has 0 aliphatic carbocycles. The molecule has 0 amide bonds. The minimum Gasteiger partial charge on any atom is -0.368 e. The zero-order valence-electron chi connectivity index (χ0n) is 18.2. The molecule has 0 fully saturated rings. The van der Waals surface area contributed by atoms with Crippen molar-refractivity contribution in [2.75, 3.05) is 11.4 Å². The second kappa shape index (κ2) is 9.59. The maximum absolute atomic E-state index is 4.24. The van der Waals surface area contributed by atoms with Gasteiger partial charge in [0.25, 0.3) is 0 Å². The van der Waals surface area contributed by atoms with Gasteiger partial charge in [0.2, 0.25) is 0 Å². The first-order valence-corrected chi connectivity index (χ1v) is 12.1. The van der Waals surface area contributed by atoms with Crippen LogP contribution in [0.4, 0.5) is 5.69 Å². The summed E-state index contributed by atoms with van der Waals surface area (Å²) in [7, 11) is -0.421. The molecule has 0 saturated heterocycles. The van der Waals surface area contributed by atoms with Crippen molar-refractivity contribution in [2.24, 2.45) is 0 Å². The van der Waals surface area contributed by atoms with E-state index in [1.807, 2.05) is 12.1 Å². The third-order valence-electron chi connectivity index (χ3n) is 6.30. The predicted octanol–water partition coefficient (Wildman–Crippen LogP) is 5.67. The van der Waals surface area contributed by atoms with E-state index in [2.05, 4.69) is 98.7 Å². The quantitative estimate of drug-likeness (QED) is 0.323. The van der Waals surface area contributed by atoms with E-state index in [0.717, 1.165) is 0 Å². The number of para-hydroxylation sites is 1. The van der Waals surface area contributed by atoms with Gasteiger partial charge >= 0.3 is 0 Å². The summed E-state index contributed by atoms with van der Waals surface area (Å²) in [6.07, 6.45) is 6.76. The van der Waals surface area contributed by atoms with Crippen LogP contribution in [0.3, 0.4) is 0 Å². The summed E-state index contributed by atoms with van der Waals surface area (Å²) >= 11 is 0. The molecule has 5 rings (SSSR count). The van der Waals surface area contributed by atoms with Crippen molar-refractivity contribution in [2.45, 2.75) is 45.1 Å². The Morgan fingerprint density at radius 2 is 1.43 bits per heavy atom. The molecule has 0 saturated carbocycles. The third kappa shape index (κ3) is 4.61. The minimum absolute atomic E-state index is 0. The number of anilines is 1. The Balaban J connectivity index is 0.000000166. The van der Waals surface area contributed by atoms with Gasteiger partial charge in [-0.25, -0.2) is 0 Å². The van der Waals surface area contributed by atoms with Crippen molar-refractivity contribution in [1.29, 1.82) is 0 Å². The topological polar surface area (TPSA) is 3.24 Å². The first kappa shape index (κ1) is 22.9. The van der Waals surface area contributed by atoms with E-state index in [-0.39, 0.29) is 19.5 Å². The molecule has 1 atom stereocenters. The maximum atomic E-state index is 4.24. The van der Waals surface area contributed by atoms with Crippen molar-refractivity contribution >= 4 is 30.1 Å². The summed E-state index contributed by atoms with van der Waals surface area (Å²) in [4.78, 5) is 2.61. The first-order valence-electron chi connectivity index (χ1n) is 10.6. The predicted molar refractivity (Wildman–Crippen MR) is 131 cm³/mol. The number of hydrogen-bond acceptors (Lipinski definition) is 1. The molecule has 30 heavy (non-hydrogen) atoms. The molecule has 0 N–H and O–H groups in total. The summed E-state index contributed by atoms with van der Waals surface area (Å²) in [5, 5.41) is 2.66. The van der Waals surface area contributed by atoms with Crippen LogP contribution >= 0.6 is 7.55 Å². The standard InChI is InChI=1S/C14H19N.C13H12P.Ru/c1-10-9-11-5-4-6-12-13(11)15(10)8-7-14(12,2)3;1-14(12-8-4-2-5-9-12)13-10-6-3-7-11-13;/h4-6,10H,7-9H2,1-3H3;2-11H,1H2;/q;+1;. The van der Waals surface area contributed by atoms with Crippen molar-refractivity contribution in [3.05, 3.63) is 90.0 Å². The van der Waals surface area contributed by atoms with Crippen LogP contribution in [0, 0.1) is 0 Å². The van der Waals surface area contributed by atoms with Crippen LogP contribution in [0.15, 0.2) is 78.9 Å². The van der Waals surface area contributed by atoms with Gasteiger partial charge < -0.3 is 4.90 Å². The average molecular weight is 502 g/mol. The normalized spacial score (nSPS) is 17.8. The van der Waals surface area contributed by atoms with Crippen LogP contribution in [-0.2, 0) is 31.3 Å². The van der Waals surface area contributed by atoms with E-state index in [9.17, 15) is 0 Å². The number of hydrogen-bond donors (Lipinski definition) is 0. The Bertz CT molecular complexity index is 956. The second-order valence-electron chi connectivity index (χ2n) is 8.79. The number of nitrogens with zero attached hydrogens (tertiary/aromatic N) is 1. The van der Waals surface area contributed by atoms with E-state index in [1.165, 1.54) is 30.0 Å². The Morgan fingerprint density at radius 3 is 2.00 bits per heavy atom. The van der Waals surface area contributed by atoms with Gasteiger partial charge in [0.15, 0.2) is 18.2 Å². The zero-order chi connectivity index (χ0) is 20.4. The molecule has 3 aromatic carbocycles. The van der Waals surface area contributed by atoms with Crippen LogP contribution in [0.2, 0.25) is 0 Å². The summed E-state index contributed by atoms with van der Waals surface area (Å²) in [5.74, 6) is 0. The fourth-order valence-corrected chi connectivity index (χ4v) is 5.88. The fraction of sp³-hybridized carbons (Fsp3) is 0.296. The first-order chi connectivity index (χ1) is 14.0. The maximum Gasteiger partial charge on any atom is 0.162 e. The molecule has 156 valence electrons. The van der Waals surface area contributed by atoms with Gasteiger partial charge in [0.1, 0.15) is 0 Å². The van der Waals surface area contributed by atoms with Gasteiger partial charge in [-0.2, -0.15) is 0 Å². The van der Waals surface area contributed by atoms with E-state index in [1.54, 1.807) is 16.8 Å². The molecule has 0 radical (unpaired) electrons. The van der Waals surface area contributed by atoms with Gasteiger partial charge in [0, 0.05) is 37.8 Å². The molecular weight excluding hydrogens is 470 g/mol. The Labute approximate surface area is 195 Å². The fourth-order valence-electron chi connectivity index (χ4n) is 4.52. The van der Waals surface area contributed by atoms with Crippen LogP contribution in [-0.4, -0.2) is 18.9 Å². The van der Waals surface area contributed by atoms with E-state index in [0.29, 0.717) is 11.5 Å². The van der Waals surface area contributed by atoms with Gasteiger partial charge in [-0.15, -0.1) is 0 Å². The largest absolute Gasteiger partial charge is 0.368 e. The second-order valence-corrected chi connectivity index (χ2v) is 10.7. The SMILES string of the molecule is C=[P+](c1ccccc1)c1ccccc1.CC1Cc2cccc3c2N1CCC3(C)C.[Ru]. The van der Waals surface area contributed by atoms with Crippen molar-refractivity contribution < 1.29 is 19.5 Å². The molecule has 3 aromatic rings. The number of benzene rings is 3.